The predicted octanol–water partition coefficient (Wildman–Crippen LogP) is 3.66. The smallest absolute Gasteiger partial charge is 0.343 e. The maximum Gasteiger partial charge on any atom is 0.405 e. The SMILES string of the molecule is Cc1nnc(SCC(=O)Nc2ccccc2C(=O)NCC(F)(F)F)n1Cc1ccccc1. The summed E-state index contributed by atoms with van der Waals surface area (Å²) in [4.78, 5) is 24.6. The van der Waals surface area contributed by atoms with Gasteiger partial charge in [0.2, 0.25) is 5.91 Å². The summed E-state index contributed by atoms with van der Waals surface area (Å²) in [7, 11) is 0. The Balaban J connectivity index is 1.62. The average Bonchev–Trinajstić information content (AvgIpc) is 3.10. The van der Waals surface area contributed by atoms with Crippen LogP contribution >= 0.6 is 11.8 Å². The summed E-state index contributed by atoms with van der Waals surface area (Å²) in [6, 6.07) is 15.6. The molecule has 1 aromatic heterocycles. The molecule has 7 nitrogen and oxygen atoms in total. The molecule has 3 aromatic rings. The molecule has 2 amide bonds. The fourth-order valence-corrected chi connectivity index (χ4v) is 3.58. The van der Waals surface area contributed by atoms with Crippen LogP contribution in [0, 0.1) is 6.92 Å². The van der Waals surface area contributed by atoms with Gasteiger partial charge in [0.25, 0.3) is 5.91 Å². The zero-order chi connectivity index (χ0) is 23.1. The number of hydrogen-bond donors (Lipinski definition) is 2. The highest BCUT2D eigenvalue weighted by molar-refractivity contribution is 7.99. The molecule has 2 aromatic carbocycles. The maximum atomic E-state index is 12.5. The molecule has 0 atom stereocenters. The summed E-state index contributed by atoms with van der Waals surface area (Å²) in [5.74, 6) is -0.684. The normalized spacial score (nSPS) is 11.2. The van der Waals surface area contributed by atoms with E-state index < -0.39 is 24.5 Å². The topological polar surface area (TPSA) is 88.9 Å². The van der Waals surface area contributed by atoms with Gasteiger partial charge in [0.15, 0.2) is 5.16 Å². The molecule has 0 aliphatic heterocycles. The third-order valence-corrected chi connectivity index (χ3v) is 5.28. The number of carbonyl (C=O) groups excluding carboxylic acids is 2. The lowest BCUT2D eigenvalue weighted by Gasteiger charge is -2.13. The molecule has 0 aliphatic carbocycles. The molecule has 11 heteroatoms. The van der Waals surface area contributed by atoms with Crippen LogP contribution in [-0.2, 0) is 11.3 Å². The van der Waals surface area contributed by atoms with E-state index >= 15 is 0 Å². The van der Waals surface area contributed by atoms with Gasteiger partial charge >= 0.3 is 6.18 Å². The number of halogens is 3. The summed E-state index contributed by atoms with van der Waals surface area (Å²) in [5.41, 5.74) is 1.12. The van der Waals surface area contributed by atoms with Crippen molar-refractivity contribution in [3.8, 4) is 0 Å². The van der Waals surface area contributed by atoms with Gasteiger partial charge in [0.05, 0.1) is 23.5 Å². The van der Waals surface area contributed by atoms with Gasteiger partial charge in [-0.1, -0.05) is 54.2 Å². The van der Waals surface area contributed by atoms with E-state index in [1.54, 1.807) is 11.4 Å². The first kappa shape index (κ1) is 23.3. The molecule has 2 N–H and O–H groups in total. The molecule has 1 heterocycles. The highest BCUT2D eigenvalue weighted by Gasteiger charge is 2.28. The minimum atomic E-state index is -4.53. The summed E-state index contributed by atoms with van der Waals surface area (Å²) in [6.45, 7) is 0.905. The van der Waals surface area contributed by atoms with Crippen LogP contribution in [-0.4, -0.2) is 45.1 Å². The van der Waals surface area contributed by atoms with Gasteiger partial charge in [-0.2, -0.15) is 13.2 Å². The second-order valence-electron chi connectivity index (χ2n) is 6.78. The standard InChI is InChI=1S/C21H20F3N5O2S/c1-14-27-28-20(29(14)11-15-7-3-2-4-8-15)32-12-18(30)26-17-10-6-5-9-16(17)19(31)25-13-21(22,23)24/h2-10H,11-13H2,1H3,(H,25,31)(H,26,30). The average molecular weight is 463 g/mol. The number of nitrogens with one attached hydrogen (secondary N) is 2. The van der Waals surface area contributed by atoms with Gasteiger partial charge in [-0.25, -0.2) is 0 Å². The first-order valence-electron chi connectivity index (χ1n) is 9.53. The zero-order valence-electron chi connectivity index (χ0n) is 17.0. The molecule has 3 rings (SSSR count). The van der Waals surface area contributed by atoms with Crippen LogP contribution in [0.25, 0.3) is 0 Å². The van der Waals surface area contributed by atoms with Crippen molar-refractivity contribution in [2.24, 2.45) is 0 Å². The minimum Gasteiger partial charge on any atom is -0.343 e. The van der Waals surface area contributed by atoms with Crippen LogP contribution in [0.15, 0.2) is 59.8 Å². The Labute approximate surface area is 186 Å². The Morgan fingerprint density at radius 3 is 2.44 bits per heavy atom. The van der Waals surface area contributed by atoms with Crippen molar-refractivity contribution in [3.63, 3.8) is 0 Å². The van der Waals surface area contributed by atoms with Crippen molar-refractivity contribution in [1.29, 1.82) is 0 Å². The lowest BCUT2D eigenvalue weighted by Crippen LogP contribution is -2.34. The molecule has 0 saturated heterocycles. The molecule has 0 fully saturated rings. The minimum absolute atomic E-state index is 0.0224. The van der Waals surface area contributed by atoms with Gasteiger partial charge in [-0.3, -0.25) is 9.59 Å². The molecule has 32 heavy (non-hydrogen) atoms. The number of amides is 2. The first-order chi connectivity index (χ1) is 15.2. The summed E-state index contributed by atoms with van der Waals surface area (Å²) >= 11 is 1.17. The van der Waals surface area contributed by atoms with Crippen molar-refractivity contribution in [2.45, 2.75) is 24.8 Å². The van der Waals surface area contributed by atoms with E-state index in [9.17, 15) is 22.8 Å². The van der Waals surface area contributed by atoms with Crippen LogP contribution in [0.2, 0.25) is 0 Å². The molecule has 0 unspecified atom stereocenters. The predicted molar refractivity (Wildman–Crippen MR) is 114 cm³/mol. The highest BCUT2D eigenvalue weighted by Crippen LogP contribution is 2.21. The molecular weight excluding hydrogens is 443 g/mol. The number of carbonyl (C=O) groups is 2. The number of nitrogens with zero attached hydrogens (tertiary/aromatic N) is 3. The number of aryl methyl sites for hydroxylation is 1. The summed E-state index contributed by atoms with van der Waals surface area (Å²) < 4.78 is 39.0. The van der Waals surface area contributed by atoms with Crippen LogP contribution in [0.3, 0.4) is 0 Å². The molecule has 0 aliphatic rings. The number of para-hydroxylation sites is 1. The van der Waals surface area contributed by atoms with E-state index in [-0.39, 0.29) is 17.0 Å². The fraction of sp³-hybridized carbons (Fsp3) is 0.238. The Kier molecular flexibility index (Phi) is 7.52. The molecule has 0 bridgehead atoms. The number of rotatable bonds is 8. The second-order valence-corrected chi connectivity index (χ2v) is 7.72. The third-order valence-electron chi connectivity index (χ3n) is 4.31. The number of benzene rings is 2. The van der Waals surface area contributed by atoms with E-state index in [4.69, 9.17) is 0 Å². The lowest BCUT2D eigenvalue weighted by molar-refractivity contribution is -0.123. The number of hydrogen-bond acceptors (Lipinski definition) is 5. The van der Waals surface area contributed by atoms with Gasteiger partial charge in [0, 0.05) is 0 Å². The van der Waals surface area contributed by atoms with Crippen molar-refractivity contribution in [3.05, 3.63) is 71.5 Å². The quantitative estimate of drug-likeness (QED) is 0.498. The Morgan fingerprint density at radius 2 is 1.72 bits per heavy atom. The number of aromatic nitrogens is 3. The Bertz CT molecular complexity index is 1090. The molecule has 168 valence electrons. The third kappa shape index (κ3) is 6.58. The number of thioether (sulfide) groups is 1. The van der Waals surface area contributed by atoms with Crippen molar-refractivity contribution >= 4 is 29.3 Å². The second kappa shape index (κ2) is 10.3. The van der Waals surface area contributed by atoms with Crippen molar-refractivity contribution in [2.75, 3.05) is 17.6 Å². The molecular formula is C21H20F3N5O2S. The van der Waals surface area contributed by atoms with Crippen molar-refractivity contribution in [1.82, 2.24) is 20.1 Å². The van der Waals surface area contributed by atoms with Crippen LogP contribution in [0.1, 0.15) is 21.7 Å². The molecule has 0 radical (unpaired) electrons. The van der Waals surface area contributed by atoms with Gasteiger partial charge in [-0.05, 0) is 24.6 Å². The van der Waals surface area contributed by atoms with Crippen LogP contribution < -0.4 is 10.6 Å². The van der Waals surface area contributed by atoms with Gasteiger partial charge in [-0.15, -0.1) is 10.2 Å². The maximum absolute atomic E-state index is 12.5. The van der Waals surface area contributed by atoms with E-state index in [0.717, 1.165) is 5.56 Å². The van der Waals surface area contributed by atoms with E-state index in [2.05, 4.69) is 15.5 Å². The van der Waals surface area contributed by atoms with Gasteiger partial charge in [0.1, 0.15) is 12.4 Å². The fourth-order valence-electron chi connectivity index (χ4n) is 2.80. The Morgan fingerprint density at radius 1 is 1.03 bits per heavy atom. The van der Waals surface area contributed by atoms with E-state index in [1.807, 2.05) is 41.8 Å². The lowest BCUT2D eigenvalue weighted by atomic mass is 10.1. The monoisotopic (exact) mass is 463 g/mol. The zero-order valence-corrected chi connectivity index (χ0v) is 17.8. The van der Waals surface area contributed by atoms with Gasteiger partial charge < -0.3 is 15.2 Å². The molecule has 0 spiro atoms. The summed E-state index contributed by atoms with van der Waals surface area (Å²) in [5, 5.41) is 13.1. The Hall–Kier alpha value is -3.34. The summed E-state index contributed by atoms with van der Waals surface area (Å²) in [6.07, 6.45) is -4.53. The van der Waals surface area contributed by atoms with E-state index in [1.165, 1.54) is 30.0 Å². The first-order valence-corrected chi connectivity index (χ1v) is 10.5. The van der Waals surface area contributed by atoms with E-state index in [0.29, 0.717) is 17.5 Å². The van der Waals surface area contributed by atoms with Crippen molar-refractivity contribution < 1.29 is 22.8 Å². The molecule has 0 saturated carbocycles. The number of anilines is 1. The highest BCUT2D eigenvalue weighted by atomic mass is 32.2. The largest absolute Gasteiger partial charge is 0.405 e. The number of alkyl halides is 3. The van der Waals surface area contributed by atoms with Crippen LogP contribution in [0.4, 0.5) is 18.9 Å². The van der Waals surface area contributed by atoms with Crippen LogP contribution in [0.5, 0.6) is 0 Å².